The Morgan fingerprint density at radius 2 is 1.94 bits per heavy atom. The molecule has 100 valence electrons. The summed E-state index contributed by atoms with van der Waals surface area (Å²) in [5.74, 6) is 0.440. The van der Waals surface area contributed by atoms with Gasteiger partial charge in [0.05, 0.1) is 5.25 Å². The minimum Gasteiger partial charge on any atom is -0.323 e. The van der Waals surface area contributed by atoms with E-state index in [1.807, 2.05) is 6.07 Å². The zero-order chi connectivity index (χ0) is 13.3. The molecule has 0 amide bonds. The molecule has 0 fully saturated rings. The van der Waals surface area contributed by atoms with Gasteiger partial charge in [-0.15, -0.1) is 0 Å². The number of benzene rings is 1. The van der Waals surface area contributed by atoms with Gasteiger partial charge in [-0.05, 0) is 29.9 Å². The van der Waals surface area contributed by atoms with Crippen molar-refractivity contribution < 1.29 is 4.21 Å². The van der Waals surface area contributed by atoms with Crippen LogP contribution in [0.3, 0.4) is 0 Å². The maximum Gasteiger partial charge on any atom is 0.0546 e. The minimum absolute atomic E-state index is 0.0722. The van der Waals surface area contributed by atoms with Crippen LogP contribution < -0.4 is 5.73 Å². The molecule has 2 nitrogen and oxygen atoms in total. The van der Waals surface area contributed by atoms with Crippen molar-refractivity contribution in [2.75, 3.05) is 0 Å². The van der Waals surface area contributed by atoms with E-state index in [1.165, 1.54) is 11.1 Å². The molecule has 4 unspecified atom stereocenters. The summed E-state index contributed by atoms with van der Waals surface area (Å²) in [7, 11) is -0.844. The number of aryl methyl sites for hydroxylation is 1. The lowest BCUT2D eigenvalue weighted by Gasteiger charge is -2.33. The Hall–Kier alpha value is -0.670. The lowest BCUT2D eigenvalue weighted by Crippen LogP contribution is -2.39. The van der Waals surface area contributed by atoms with Gasteiger partial charge < -0.3 is 5.73 Å². The molecule has 0 saturated carbocycles. The van der Waals surface area contributed by atoms with Gasteiger partial charge in [0, 0.05) is 22.1 Å². The van der Waals surface area contributed by atoms with Crippen molar-refractivity contribution >= 4 is 10.8 Å². The summed E-state index contributed by atoms with van der Waals surface area (Å²) in [6, 6.07) is 8.23. The van der Waals surface area contributed by atoms with Crippen molar-refractivity contribution in [1.82, 2.24) is 0 Å². The average molecular weight is 265 g/mol. The summed E-state index contributed by atoms with van der Waals surface area (Å²) in [4.78, 5) is 0. The van der Waals surface area contributed by atoms with Gasteiger partial charge in [-0.2, -0.15) is 0 Å². The fourth-order valence-electron chi connectivity index (χ4n) is 2.57. The molecule has 0 spiro atoms. The average Bonchev–Trinajstić information content (AvgIpc) is 2.37. The summed E-state index contributed by atoms with van der Waals surface area (Å²) in [6.07, 6.45) is 1.95. The smallest absolute Gasteiger partial charge is 0.0546 e. The zero-order valence-corrected chi connectivity index (χ0v) is 12.2. The molecule has 1 aliphatic carbocycles. The number of nitrogens with two attached hydrogens (primary N) is 1. The number of rotatable bonds is 3. The summed E-state index contributed by atoms with van der Waals surface area (Å²) >= 11 is 0. The van der Waals surface area contributed by atoms with E-state index in [9.17, 15) is 4.21 Å². The van der Waals surface area contributed by atoms with Crippen LogP contribution in [0.5, 0.6) is 0 Å². The Balaban J connectivity index is 2.21. The molecule has 2 rings (SSSR count). The van der Waals surface area contributed by atoms with Crippen molar-refractivity contribution in [3.05, 3.63) is 35.4 Å². The van der Waals surface area contributed by atoms with Gasteiger partial charge in [0.1, 0.15) is 0 Å². The van der Waals surface area contributed by atoms with Crippen molar-refractivity contribution in [1.29, 1.82) is 0 Å². The van der Waals surface area contributed by atoms with Crippen LogP contribution >= 0.6 is 0 Å². The molecule has 0 aliphatic heterocycles. The normalized spacial score (nSPS) is 26.7. The maximum atomic E-state index is 12.6. The maximum absolute atomic E-state index is 12.6. The van der Waals surface area contributed by atoms with Gasteiger partial charge in [0.25, 0.3) is 0 Å². The lowest BCUT2D eigenvalue weighted by molar-refractivity contribution is 0.541. The third-order valence-electron chi connectivity index (χ3n) is 4.12. The van der Waals surface area contributed by atoms with Crippen LogP contribution in [-0.4, -0.2) is 14.7 Å². The molecule has 4 atom stereocenters. The number of hydrogen-bond acceptors (Lipinski definition) is 2. The van der Waals surface area contributed by atoms with E-state index < -0.39 is 10.8 Å². The molecule has 0 saturated heterocycles. The van der Waals surface area contributed by atoms with Crippen molar-refractivity contribution in [2.24, 2.45) is 11.7 Å². The highest BCUT2D eigenvalue weighted by Gasteiger charge is 2.33. The van der Waals surface area contributed by atoms with Gasteiger partial charge in [-0.3, -0.25) is 4.21 Å². The molecule has 18 heavy (non-hydrogen) atoms. The summed E-state index contributed by atoms with van der Waals surface area (Å²) in [5, 5.41) is 0.323. The van der Waals surface area contributed by atoms with Gasteiger partial charge in [0.15, 0.2) is 0 Å². The van der Waals surface area contributed by atoms with Crippen molar-refractivity contribution in [3.8, 4) is 0 Å². The van der Waals surface area contributed by atoms with Crippen LogP contribution in [0.25, 0.3) is 0 Å². The quantitative estimate of drug-likeness (QED) is 0.913. The first-order valence-electron chi connectivity index (χ1n) is 6.75. The molecule has 1 aromatic carbocycles. The third kappa shape index (κ3) is 2.52. The van der Waals surface area contributed by atoms with E-state index in [4.69, 9.17) is 5.73 Å². The molecule has 0 heterocycles. The molecule has 1 aliphatic rings. The second kappa shape index (κ2) is 5.54. The van der Waals surface area contributed by atoms with Gasteiger partial charge in [0.2, 0.25) is 0 Å². The summed E-state index contributed by atoms with van der Waals surface area (Å²) in [5.41, 5.74) is 8.86. The van der Waals surface area contributed by atoms with E-state index in [0.717, 1.165) is 12.8 Å². The highest BCUT2D eigenvalue weighted by Crippen LogP contribution is 2.33. The first kappa shape index (κ1) is 13.8. The highest BCUT2D eigenvalue weighted by atomic mass is 32.2. The van der Waals surface area contributed by atoms with Crippen molar-refractivity contribution in [2.45, 2.75) is 50.2 Å². The van der Waals surface area contributed by atoms with Gasteiger partial charge in [-0.25, -0.2) is 0 Å². The van der Waals surface area contributed by atoms with E-state index in [2.05, 4.69) is 39.0 Å². The summed E-state index contributed by atoms with van der Waals surface area (Å²) in [6.45, 7) is 6.34. The molecular weight excluding hydrogens is 242 g/mol. The highest BCUT2D eigenvalue weighted by molar-refractivity contribution is 7.86. The molecule has 0 radical (unpaired) electrons. The molecule has 0 bridgehead atoms. The number of hydrogen-bond donors (Lipinski definition) is 1. The lowest BCUT2D eigenvalue weighted by atomic mass is 9.88. The van der Waals surface area contributed by atoms with Crippen LogP contribution in [0.4, 0.5) is 0 Å². The van der Waals surface area contributed by atoms with Crippen LogP contribution in [0.15, 0.2) is 24.3 Å². The van der Waals surface area contributed by atoms with E-state index in [1.54, 1.807) is 0 Å². The number of fused-ring (bicyclic) bond motifs is 1. The topological polar surface area (TPSA) is 43.1 Å². The fourth-order valence-corrected chi connectivity index (χ4v) is 4.44. The Kier molecular flexibility index (Phi) is 4.23. The first-order chi connectivity index (χ1) is 8.52. The monoisotopic (exact) mass is 265 g/mol. The van der Waals surface area contributed by atoms with Crippen molar-refractivity contribution in [3.63, 3.8) is 0 Å². The van der Waals surface area contributed by atoms with Gasteiger partial charge >= 0.3 is 0 Å². The second-order valence-corrected chi connectivity index (χ2v) is 7.59. The van der Waals surface area contributed by atoms with Crippen LogP contribution in [-0.2, 0) is 17.2 Å². The Labute approximate surface area is 112 Å². The predicted molar refractivity (Wildman–Crippen MR) is 77.9 cm³/mol. The predicted octanol–water partition coefficient (Wildman–Crippen LogP) is 2.79. The molecule has 2 N–H and O–H groups in total. The second-order valence-electron chi connectivity index (χ2n) is 5.58. The largest absolute Gasteiger partial charge is 0.323 e. The Morgan fingerprint density at radius 3 is 2.61 bits per heavy atom. The van der Waals surface area contributed by atoms with Crippen LogP contribution in [0.1, 0.15) is 44.4 Å². The molecule has 0 aromatic heterocycles. The third-order valence-corrected chi connectivity index (χ3v) is 6.52. The molecular formula is C15H23NOS. The Morgan fingerprint density at radius 1 is 1.28 bits per heavy atom. The van der Waals surface area contributed by atoms with Gasteiger partial charge in [-0.1, -0.05) is 45.0 Å². The first-order valence-corrected chi connectivity index (χ1v) is 8.02. The van der Waals surface area contributed by atoms with Crippen LogP contribution in [0.2, 0.25) is 0 Å². The van der Waals surface area contributed by atoms with E-state index in [-0.39, 0.29) is 16.5 Å². The fraction of sp³-hybridized carbons (Fsp3) is 0.600. The summed E-state index contributed by atoms with van der Waals surface area (Å²) < 4.78 is 12.6. The zero-order valence-electron chi connectivity index (χ0n) is 11.4. The SMILES string of the molecule is CC(C)C(C)S(=O)C1CCc2ccccc2C1N. The standard InChI is InChI=1S/C15H23NOS/c1-10(2)11(3)18(17)14-9-8-12-6-4-5-7-13(12)15(14)16/h4-7,10-11,14-15H,8-9,16H2,1-3H3. The molecule has 3 heteroatoms. The van der Waals surface area contributed by atoms with E-state index >= 15 is 0 Å². The van der Waals surface area contributed by atoms with Crippen LogP contribution in [0, 0.1) is 5.92 Å². The molecule has 1 aromatic rings. The Bertz CT molecular complexity index is 444. The van der Waals surface area contributed by atoms with E-state index in [0.29, 0.717) is 5.92 Å². The minimum atomic E-state index is -0.844.